The van der Waals surface area contributed by atoms with Crippen LogP contribution in [0, 0.1) is 0 Å². The summed E-state index contributed by atoms with van der Waals surface area (Å²) < 4.78 is 23.4. The third-order valence-corrected chi connectivity index (χ3v) is 9.98. The van der Waals surface area contributed by atoms with Crippen LogP contribution >= 0.6 is 0 Å². The minimum Gasteiger partial charge on any atom is -0.466 e. The summed E-state index contributed by atoms with van der Waals surface area (Å²) in [5.41, 5.74) is 0. The zero-order valence-electron chi connectivity index (χ0n) is 33.4. The smallest absolute Gasteiger partial charge is 0.306 e. The molecule has 0 rings (SSSR count). The van der Waals surface area contributed by atoms with Crippen molar-refractivity contribution in [2.75, 3.05) is 39.5 Å². The number of carbonyl (C=O) groups excluding carboxylic acids is 2. The summed E-state index contributed by atoms with van der Waals surface area (Å²) in [6.45, 7) is 7.76. The molecule has 7 heteroatoms. The van der Waals surface area contributed by atoms with Crippen LogP contribution in [0.2, 0.25) is 0 Å². The maximum Gasteiger partial charge on any atom is 0.306 e. The van der Waals surface area contributed by atoms with Gasteiger partial charge in [0, 0.05) is 19.4 Å². The topological polar surface area (TPSA) is 76.1 Å². The molecule has 0 unspecified atom stereocenters. The quantitative estimate of drug-likeness (QED) is 0.0502. The van der Waals surface area contributed by atoms with Crippen molar-refractivity contribution < 1.29 is 28.6 Å². The third kappa shape index (κ3) is 36.6. The molecule has 1 N–H and O–H groups in total. The molecule has 0 saturated carbocycles. The van der Waals surface area contributed by atoms with E-state index in [0.717, 1.165) is 129 Å². The van der Waals surface area contributed by atoms with Gasteiger partial charge in [0.05, 0.1) is 19.9 Å². The van der Waals surface area contributed by atoms with E-state index in [0.29, 0.717) is 25.9 Å². The molecule has 298 valence electrons. The Morgan fingerprint density at radius 3 is 1.44 bits per heavy atom. The van der Waals surface area contributed by atoms with E-state index < -0.39 is 0 Å². The maximum atomic E-state index is 12.7. The summed E-state index contributed by atoms with van der Waals surface area (Å²) in [6, 6.07) is 0. The molecule has 0 aliphatic rings. The van der Waals surface area contributed by atoms with Crippen molar-refractivity contribution in [1.82, 2.24) is 4.90 Å². The van der Waals surface area contributed by atoms with E-state index in [1.165, 1.54) is 77.0 Å². The molecule has 0 aromatic carbocycles. The van der Waals surface area contributed by atoms with Crippen molar-refractivity contribution in [3.05, 3.63) is 0 Å². The van der Waals surface area contributed by atoms with Gasteiger partial charge in [-0.15, -0.1) is 0 Å². The van der Waals surface area contributed by atoms with Crippen molar-refractivity contribution in [1.29, 1.82) is 0 Å². The van der Waals surface area contributed by atoms with Crippen LogP contribution < -0.4 is 0 Å². The van der Waals surface area contributed by atoms with Gasteiger partial charge in [-0.1, -0.05) is 142 Å². The first-order valence-corrected chi connectivity index (χ1v) is 21.8. The van der Waals surface area contributed by atoms with E-state index >= 15 is 0 Å². The molecule has 0 spiro atoms. The molecule has 6 nitrogen and oxygen atoms in total. The Morgan fingerprint density at radius 1 is 0.520 bits per heavy atom. The van der Waals surface area contributed by atoms with Gasteiger partial charge < -0.3 is 19.5 Å². The number of aliphatic hydroxyl groups is 1. The summed E-state index contributed by atoms with van der Waals surface area (Å²) in [7, 11) is 0. The second-order valence-electron chi connectivity index (χ2n) is 14.9. The highest BCUT2D eigenvalue weighted by molar-refractivity contribution is 5.69. The lowest BCUT2D eigenvalue weighted by Gasteiger charge is -2.21. The van der Waals surface area contributed by atoms with Crippen molar-refractivity contribution in [2.24, 2.45) is 0 Å². The Morgan fingerprint density at radius 2 is 0.940 bits per heavy atom. The van der Waals surface area contributed by atoms with Crippen LogP contribution in [0.1, 0.15) is 219 Å². The van der Waals surface area contributed by atoms with Gasteiger partial charge in [-0.25, -0.2) is 0 Å². The number of rotatable bonds is 41. The number of nitrogens with zero attached hydrogens (tertiary/aromatic N) is 1. The number of carbonyl (C=O) groups is 2. The van der Waals surface area contributed by atoms with Gasteiger partial charge in [-0.3, -0.25) is 14.0 Å². The lowest BCUT2D eigenvalue weighted by atomic mass is 10.0. The van der Waals surface area contributed by atoms with Gasteiger partial charge in [0.25, 0.3) is 0 Å². The lowest BCUT2D eigenvalue weighted by molar-refractivity contribution is -0.150. The van der Waals surface area contributed by atoms with E-state index in [2.05, 4.69) is 18.7 Å². The standard InChI is InChI=1S/C43H84FNO5/c1-3-5-7-9-15-23-31-41(32-24-16-10-8-6-4-2)50-43(48)34-26-18-14-21-29-37-45(38-39-46)36-28-20-13-17-25-33-42(47)49-40-30-22-12-11-19-27-35-44/h41,46H,3-40H2,1-2H3. The molecule has 0 amide bonds. The van der Waals surface area contributed by atoms with Crippen molar-refractivity contribution in [2.45, 2.75) is 225 Å². The second-order valence-corrected chi connectivity index (χ2v) is 14.9. The molecule has 0 aliphatic carbocycles. The molecule has 0 saturated heterocycles. The highest BCUT2D eigenvalue weighted by Crippen LogP contribution is 2.18. The highest BCUT2D eigenvalue weighted by Gasteiger charge is 2.14. The SMILES string of the molecule is CCCCCCCCC(CCCCCCCC)OC(=O)CCCCCCCN(CCO)CCCCCCCC(=O)OCCCCCCCCF. The Kier molecular flexibility index (Phi) is 39.6. The highest BCUT2D eigenvalue weighted by atomic mass is 19.1. The number of ether oxygens (including phenoxy) is 2. The van der Waals surface area contributed by atoms with Gasteiger partial charge in [-0.2, -0.15) is 0 Å². The average Bonchev–Trinajstić information content (AvgIpc) is 3.11. The first-order valence-electron chi connectivity index (χ1n) is 21.8. The van der Waals surface area contributed by atoms with Crippen LogP contribution in [0.25, 0.3) is 0 Å². The van der Waals surface area contributed by atoms with Gasteiger partial charge in [0.2, 0.25) is 0 Å². The van der Waals surface area contributed by atoms with Gasteiger partial charge in [-0.05, 0) is 77.3 Å². The van der Waals surface area contributed by atoms with Crippen LogP contribution in [0.15, 0.2) is 0 Å². The fourth-order valence-corrected chi connectivity index (χ4v) is 6.72. The van der Waals surface area contributed by atoms with E-state index in [9.17, 15) is 19.1 Å². The Labute approximate surface area is 309 Å². The second kappa shape index (κ2) is 40.6. The predicted molar refractivity (Wildman–Crippen MR) is 209 cm³/mol. The number of halogens is 1. The van der Waals surface area contributed by atoms with Crippen LogP contribution in [0.3, 0.4) is 0 Å². The summed E-state index contributed by atoms with van der Waals surface area (Å²) in [4.78, 5) is 27.0. The molecule has 0 heterocycles. The molecule has 0 aromatic rings. The first kappa shape index (κ1) is 48.8. The number of unbranched alkanes of at least 4 members (excludes halogenated alkanes) is 23. The van der Waals surface area contributed by atoms with E-state index in [1.807, 2.05) is 0 Å². The van der Waals surface area contributed by atoms with E-state index in [-0.39, 0.29) is 31.3 Å². The zero-order valence-corrected chi connectivity index (χ0v) is 33.4. The molecule has 0 bridgehead atoms. The predicted octanol–water partition coefficient (Wildman–Crippen LogP) is 12.2. The monoisotopic (exact) mass is 714 g/mol. The van der Waals surface area contributed by atoms with Crippen LogP contribution in [0.4, 0.5) is 4.39 Å². The van der Waals surface area contributed by atoms with Gasteiger partial charge in [0.1, 0.15) is 6.10 Å². The average molecular weight is 714 g/mol. The Bertz CT molecular complexity index is 693. The van der Waals surface area contributed by atoms with Crippen LogP contribution in [-0.4, -0.2) is 67.6 Å². The van der Waals surface area contributed by atoms with E-state index in [1.54, 1.807) is 0 Å². The summed E-state index contributed by atoms with van der Waals surface area (Å²) in [5, 5.41) is 9.52. The van der Waals surface area contributed by atoms with Crippen molar-refractivity contribution in [3.63, 3.8) is 0 Å². The molecule has 0 radical (unpaired) electrons. The fraction of sp³-hybridized carbons (Fsp3) is 0.953. The molecule has 0 fully saturated rings. The molecule has 0 aromatic heterocycles. The molecular formula is C43H84FNO5. The number of alkyl halides is 1. The van der Waals surface area contributed by atoms with Crippen molar-refractivity contribution in [3.8, 4) is 0 Å². The third-order valence-electron chi connectivity index (χ3n) is 9.98. The Hall–Kier alpha value is -1.21. The van der Waals surface area contributed by atoms with Gasteiger partial charge in [0.15, 0.2) is 0 Å². The molecular weight excluding hydrogens is 629 g/mol. The lowest BCUT2D eigenvalue weighted by Crippen LogP contribution is -2.29. The van der Waals surface area contributed by atoms with Crippen LogP contribution in [0.5, 0.6) is 0 Å². The maximum absolute atomic E-state index is 12.7. The number of hydrogen-bond donors (Lipinski definition) is 1. The summed E-state index contributed by atoms with van der Waals surface area (Å²) in [5.74, 6) is -0.0753. The Balaban J connectivity index is 3.94. The zero-order chi connectivity index (χ0) is 36.6. The molecule has 0 atom stereocenters. The number of aliphatic hydroxyl groups excluding tert-OH is 1. The fourth-order valence-electron chi connectivity index (χ4n) is 6.72. The van der Waals surface area contributed by atoms with Crippen molar-refractivity contribution >= 4 is 11.9 Å². The first-order chi connectivity index (χ1) is 24.6. The summed E-state index contributed by atoms with van der Waals surface area (Å²) in [6.07, 6.45) is 35.0. The normalized spacial score (nSPS) is 11.6. The molecule has 0 aliphatic heterocycles. The minimum atomic E-state index is -0.220. The summed E-state index contributed by atoms with van der Waals surface area (Å²) >= 11 is 0. The van der Waals surface area contributed by atoms with Crippen LogP contribution in [-0.2, 0) is 19.1 Å². The largest absolute Gasteiger partial charge is 0.466 e. The number of esters is 2. The molecule has 50 heavy (non-hydrogen) atoms. The van der Waals surface area contributed by atoms with Gasteiger partial charge >= 0.3 is 11.9 Å². The minimum absolute atomic E-state index is 0.00549. The number of hydrogen-bond acceptors (Lipinski definition) is 6. The van der Waals surface area contributed by atoms with E-state index in [4.69, 9.17) is 9.47 Å².